The molecule has 3 atom stereocenters. The van der Waals surface area contributed by atoms with E-state index in [-0.39, 0.29) is 17.4 Å². The van der Waals surface area contributed by atoms with Gasteiger partial charge in [0.1, 0.15) is 5.60 Å². The summed E-state index contributed by atoms with van der Waals surface area (Å²) in [5.74, 6) is 1.41. The Morgan fingerprint density at radius 1 is 1.44 bits per heavy atom. The molecule has 2 saturated heterocycles. The van der Waals surface area contributed by atoms with E-state index in [1.54, 1.807) is 24.5 Å². The van der Waals surface area contributed by atoms with E-state index in [9.17, 15) is 9.59 Å². The number of carbonyl (C=O) groups is 2. The minimum absolute atomic E-state index is 0.0887. The van der Waals surface area contributed by atoms with E-state index in [1.807, 2.05) is 4.90 Å². The highest BCUT2D eigenvalue weighted by Gasteiger charge is 2.56. The first-order chi connectivity index (χ1) is 12.1. The second-order valence-corrected chi connectivity index (χ2v) is 7.70. The lowest BCUT2D eigenvalue weighted by atomic mass is 9.78. The fraction of sp³-hybridized carbons (Fsp3) is 0.632. The van der Waals surface area contributed by atoms with Gasteiger partial charge in [-0.15, -0.1) is 0 Å². The molecule has 4 rings (SSSR count). The zero-order valence-electron chi connectivity index (χ0n) is 14.6. The first-order valence-electron chi connectivity index (χ1n) is 9.20. The number of amides is 2. The molecule has 6 heteroatoms. The fourth-order valence-electron chi connectivity index (χ4n) is 4.16. The first-order valence-corrected chi connectivity index (χ1v) is 9.20. The molecule has 3 fully saturated rings. The second-order valence-electron chi connectivity index (χ2n) is 7.70. The zero-order chi connectivity index (χ0) is 17.4. The van der Waals surface area contributed by atoms with Gasteiger partial charge < -0.3 is 15.0 Å². The summed E-state index contributed by atoms with van der Waals surface area (Å²) in [5, 5.41) is 2.96. The SMILES string of the molecule is C[C@@H]1C[C@@H]1C(=O)N1CC2(C1)OCC[C@H]2CCNC(=O)c1cccnc1. The Morgan fingerprint density at radius 3 is 2.92 bits per heavy atom. The highest BCUT2D eigenvalue weighted by Crippen LogP contribution is 2.45. The molecular weight excluding hydrogens is 318 g/mol. The van der Waals surface area contributed by atoms with Crippen LogP contribution in [0.4, 0.5) is 0 Å². The molecule has 3 heterocycles. The molecule has 3 aliphatic rings. The Balaban J connectivity index is 1.25. The van der Waals surface area contributed by atoms with Crippen molar-refractivity contribution in [3.63, 3.8) is 0 Å². The summed E-state index contributed by atoms with van der Waals surface area (Å²) < 4.78 is 6.02. The van der Waals surface area contributed by atoms with E-state index in [0.29, 0.717) is 29.9 Å². The van der Waals surface area contributed by atoms with Crippen LogP contribution < -0.4 is 5.32 Å². The number of pyridine rings is 1. The van der Waals surface area contributed by atoms with Crippen LogP contribution >= 0.6 is 0 Å². The van der Waals surface area contributed by atoms with Crippen molar-refractivity contribution in [1.82, 2.24) is 15.2 Å². The molecule has 0 bridgehead atoms. The molecule has 0 radical (unpaired) electrons. The summed E-state index contributed by atoms with van der Waals surface area (Å²) >= 11 is 0. The normalized spacial score (nSPS) is 29.3. The lowest BCUT2D eigenvalue weighted by molar-refractivity contribution is -0.166. The number of hydrogen-bond acceptors (Lipinski definition) is 4. The smallest absolute Gasteiger partial charge is 0.252 e. The van der Waals surface area contributed by atoms with Gasteiger partial charge in [-0.25, -0.2) is 0 Å². The topological polar surface area (TPSA) is 71.5 Å². The van der Waals surface area contributed by atoms with Gasteiger partial charge in [-0.1, -0.05) is 6.92 Å². The molecule has 2 amide bonds. The maximum Gasteiger partial charge on any atom is 0.252 e. The predicted octanol–water partition coefficient (Wildman–Crippen LogP) is 1.47. The van der Waals surface area contributed by atoms with E-state index < -0.39 is 0 Å². The van der Waals surface area contributed by atoms with Crippen LogP contribution in [-0.2, 0) is 9.53 Å². The zero-order valence-corrected chi connectivity index (χ0v) is 14.6. The van der Waals surface area contributed by atoms with Crippen LogP contribution in [0, 0.1) is 17.8 Å². The number of hydrogen-bond donors (Lipinski definition) is 1. The van der Waals surface area contributed by atoms with Crippen molar-refractivity contribution in [1.29, 1.82) is 0 Å². The summed E-state index contributed by atoms with van der Waals surface area (Å²) in [5.41, 5.74) is 0.408. The van der Waals surface area contributed by atoms with Crippen LogP contribution in [0.2, 0.25) is 0 Å². The Kier molecular flexibility index (Phi) is 4.23. The maximum atomic E-state index is 12.3. The molecule has 6 nitrogen and oxygen atoms in total. The largest absolute Gasteiger partial charge is 0.371 e. The van der Waals surface area contributed by atoms with Crippen LogP contribution in [0.25, 0.3) is 0 Å². The number of rotatable bonds is 5. The van der Waals surface area contributed by atoms with E-state index in [2.05, 4.69) is 17.2 Å². The molecule has 1 aromatic heterocycles. The highest BCUT2D eigenvalue weighted by atomic mass is 16.5. The molecular formula is C19H25N3O3. The van der Waals surface area contributed by atoms with Crippen molar-refractivity contribution in [3.05, 3.63) is 30.1 Å². The van der Waals surface area contributed by atoms with Gasteiger partial charge in [0, 0.05) is 31.5 Å². The molecule has 2 aliphatic heterocycles. The Morgan fingerprint density at radius 2 is 2.24 bits per heavy atom. The van der Waals surface area contributed by atoms with E-state index in [1.165, 1.54) is 0 Å². The van der Waals surface area contributed by atoms with Crippen LogP contribution in [0.1, 0.15) is 36.5 Å². The molecule has 1 aliphatic carbocycles. The maximum absolute atomic E-state index is 12.3. The molecule has 1 spiro atoms. The number of nitrogens with one attached hydrogen (secondary N) is 1. The minimum atomic E-state index is -0.174. The van der Waals surface area contributed by atoms with Gasteiger partial charge in [-0.3, -0.25) is 14.6 Å². The molecule has 25 heavy (non-hydrogen) atoms. The van der Waals surface area contributed by atoms with Crippen molar-refractivity contribution in [2.45, 2.75) is 31.8 Å². The summed E-state index contributed by atoms with van der Waals surface area (Å²) in [6.07, 6.45) is 6.15. The van der Waals surface area contributed by atoms with Crippen molar-refractivity contribution in [2.24, 2.45) is 17.8 Å². The summed E-state index contributed by atoms with van der Waals surface area (Å²) in [6.45, 7) is 4.95. The van der Waals surface area contributed by atoms with Crippen molar-refractivity contribution in [2.75, 3.05) is 26.2 Å². The molecule has 1 aromatic rings. The first kappa shape index (κ1) is 16.5. The van der Waals surface area contributed by atoms with Gasteiger partial charge >= 0.3 is 0 Å². The van der Waals surface area contributed by atoms with Crippen LogP contribution in [0.5, 0.6) is 0 Å². The third kappa shape index (κ3) is 3.15. The minimum Gasteiger partial charge on any atom is -0.371 e. The number of aromatic nitrogens is 1. The van der Waals surface area contributed by atoms with Crippen LogP contribution in [0.15, 0.2) is 24.5 Å². The van der Waals surface area contributed by atoms with E-state index in [0.717, 1.165) is 39.0 Å². The van der Waals surface area contributed by atoms with Gasteiger partial charge in [0.2, 0.25) is 5.91 Å². The van der Waals surface area contributed by atoms with Gasteiger partial charge in [0.15, 0.2) is 0 Å². The van der Waals surface area contributed by atoms with Gasteiger partial charge in [0.25, 0.3) is 5.91 Å². The highest BCUT2D eigenvalue weighted by molar-refractivity contribution is 5.93. The van der Waals surface area contributed by atoms with Crippen LogP contribution in [0.3, 0.4) is 0 Å². The van der Waals surface area contributed by atoms with Gasteiger partial charge in [0.05, 0.1) is 18.7 Å². The lowest BCUT2D eigenvalue weighted by Crippen LogP contribution is -2.66. The molecule has 1 saturated carbocycles. The predicted molar refractivity (Wildman–Crippen MR) is 91.8 cm³/mol. The second kappa shape index (κ2) is 6.41. The number of carbonyl (C=O) groups excluding carboxylic acids is 2. The number of ether oxygens (including phenoxy) is 1. The average Bonchev–Trinajstić information content (AvgIpc) is 3.17. The third-order valence-corrected chi connectivity index (χ3v) is 5.96. The van der Waals surface area contributed by atoms with Crippen molar-refractivity contribution < 1.29 is 14.3 Å². The lowest BCUT2D eigenvalue weighted by Gasteiger charge is -2.50. The van der Waals surface area contributed by atoms with Gasteiger partial charge in [-0.05, 0) is 43.2 Å². The monoisotopic (exact) mass is 343 g/mol. The Bertz CT molecular complexity index is 657. The fourth-order valence-corrected chi connectivity index (χ4v) is 4.16. The Labute approximate surface area is 147 Å². The summed E-state index contributed by atoms with van der Waals surface area (Å²) in [4.78, 5) is 30.3. The molecule has 134 valence electrons. The summed E-state index contributed by atoms with van der Waals surface area (Å²) in [6, 6.07) is 3.52. The quantitative estimate of drug-likeness (QED) is 0.879. The summed E-state index contributed by atoms with van der Waals surface area (Å²) in [7, 11) is 0. The third-order valence-electron chi connectivity index (χ3n) is 5.96. The average molecular weight is 343 g/mol. The standard InChI is InChI=1S/C19H25N3O3/c1-13-9-16(13)18(24)22-11-19(12-22)15(5-8-25-19)4-7-21-17(23)14-3-2-6-20-10-14/h2-3,6,10,13,15-16H,4-5,7-9,11-12H2,1H3,(H,21,23)/t13-,15-,16+/m1/s1. The number of nitrogens with zero attached hydrogens (tertiary/aromatic N) is 2. The van der Waals surface area contributed by atoms with E-state index in [4.69, 9.17) is 4.74 Å². The molecule has 0 aromatic carbocycles. The molecule has 0 unspecified atom stereocenters. The Hall–Kier alpha value is -1.95. The number of likely N-dealkylation sites (tertiary alicyclic amines) is 1. The van der Waals surface area contributed by atoms with E-state index >= 15 is 0 Å². The molecule has 1 N–H and O–H groups in total. The van der Waals surface area contributed by atoms with Crippen molar-refractivity contribution in [3.8, 4) is 0 Å². The van der Waals surface area contributed by atoms with Crippen LogP contribution in [-0.4, -0.2) is 53.5 Å². The van der Waals surface area contributed by atoms with Gasteiger partial charge in [-0.2, -0.15) is 0 Å². The van der Waals surface area contributed by atoms with Crippen molar-refractivity contribution >= 4 is 11.8 Å².